The molecule has 32 heavy (non-hydrogen) atoms. The van der Waals surface area contributed by atoms with Crippen molar-refractivity contribution in [2.75, 3.05) is 31.1 Å². The Labute approximate surface area is 189 Å². The number of amides is 1. The maximum atomic E-state index is 12.9. The van der Waals surface area contributed by atoms with Gasteiger partial charge < -0.3 is 19.1 Å². The Balaban J connectivity index is 1.38. The summed E-state index contributed by atoms with van der Waals surface area (Å²) in [6.07, 6.45) is 4.31. The van der Waals surface area contributed by atoms with E-state index >= 15 is 0 Å². The standard InChI is InChI=1S/C22H22ClN5O4/c23-18-3-1-17(2-4-18)21(15-25-10-9-24-16-25)32-22(29)27-13-11-26(12-14-27)19-5-7-20(8-6-19)28(30)31/h1-10,16,21H,11-15H2/t21-/m1/s1. The van der Waals surface area contributed by atoms with Crippen molar-refractivity contribution in [1.82, 2.24) is 14.5 Å². The van der Waals surface area contributed by atoms with E-state index in [0.29, 0.717) is 37.7 Å². The number of hydrogen-bond donors (Lipinski definition) is 0. The molecule has 0 bridgehead atoms. The molecule has 0 aliphatic carbocycles. The van der Waals surface area contributed by atoms with Crippen LogP contribution in [-0.4, -0.2) is 51.6 Å². The summed E-state index contributed by atoms with van der Waals surface area (Å²) < 4.78 is 7.73. The van der Waals surface area contributed by atoms with Gasteiger partial charge in [-0.2, -0.15) is 0 Å². The molecule has 0 N–H and O–H groups in total. The van der Waals surface area contributed by atoms with Crippen LogP contribution in [0.4, 0.5) is 16.2 Å². The largest absolute Gasteiger partial charge is 0.439 e. The van der Waals surface area contributed by atoms with Gasteiger partial charge in [0.25, 0.3) is 5.69 Å². The molecule has 0 spiro atoms. The fraction of sp³-hybridized carbons (Fsp3) is 0.273. The third kappa shape index (κ3) is 5.17. The number of rotatable bonds is 6. The average Bonchev–Trinajstić information content (AvgIpc) is 3.32. The number of aromatic nitrogens is 2. The Kier molecular flexibility index (Phi) is 6.55. The van der Waals surface area contributed by atoms with E-state index in [1.807, 2.05) is 22.9 Å². The Morgan fingerprint density at radius 1 is 1.09 bits per heavy atom. The number of halogens is 1. The summed E-state index contributed by atoms with van der Waals surface area (Å²) in [6.45, 7) is 2.65. The first-order valence-electron chi connectivity index (χ1n) is 10.2. The fourth-order valence-corrected chi connectivity index (χ4v) is 3.73. The fourth-order valence-electron chi connectivity index (χ4n) is 3.60. The number of carbonyl (C=O) groups excluding carboxylic acids is 1. The van der Waals surface area contributed by atoms with Crippen LogP contribution in [0.5, 0.6) is 0 Å². The first kappa shape index (κ1) is 21.6. The predicted octanol–water partition coefficient (Wildman–Crippen LogP) is 4.14. The molecule has 1 saturated heterocycles. The van der Waals surface area contributed by atoms with Crippen molar-refractivity contribution < 1.29 is 14.5 Å². The monoisotopic (exact) mass is 455 g/mol. The van der Waals surface area contributed by atoms with E-state index in [2.05, 4.69) is 9.88 Å². The summed E-state index contributed by atoms with van der Waals surface area (Å²) in [7, 11) is 0. The summed E-state index contributed by atoms with van der Waals surface area (Å²) in [5, 5.41) is 11.5. The lowest BCUT2D eigenvalue weighted by atomic mass is 10.1. The summed E-state index contributed by atoms with van der Waals surface area (Å²) >= 11 is 6.01. The molecule has 2 heterocycles. The molecule has 166 valence electrons. The van der Waals surface area contributed by atoms with E-state index in [4.69, 9.17) is 16.3 Å². The second-order valence-electron chi connectivity index (χ2n) is 7.43. The molecule has 1 fully saturated rings. The van der Waals surface area contributed by atoms with Crippen LogP contribution in [0.1, 0.15) is 11.7 Å². The van der Waals surface area contributed by atoms with Gasteiger partial charge in [-0.3, -0.25) is 10.1 Å². The number of carbonyl (C=O) groups is 1. The van der Waals surface area contributed by atoms with E-state index in [9.17, 15) is 14.9 Å². The number of imidazole rings is 1. The number of nitrogens with zero attached hydrogens (tertiary/aromatic N) is 5. The molecule has 0 unspecified atom stereocenters. The summed E-state index contributed by atoms with van der Waals surface area (Å²) in [6, 6.07) is 13.7. The third-order valence-electron chi connectivity index (χ3n) is 5.38. The van der Waals surface area contributed by atoms with Crippen molar-refractivity contribution >= 4 is 29.1 Å². The van der Waals surface area contributed by atoms with Crippen molar-refractivity contribution in [2.24, 2.45) is 0 Å². The number of benzene rings is 2. The van der Waals surface area contributed by atoms with Crippen LogP contribution in [-0.2, 0) is 11.3 Å². The maximum Gasteiger partial charge on any atom is 0.410 e. The van der Waals surface area contributed by atoms with Crippen molar-refractivity contribution in [3.05, 3.63) is 88.0 Å². The van der Waals surface area contributed by atoms with Gasteiger partial charge in [-0.05, 0) is 29.8 Å². The van der Waals surface area contributed by atoms with Crippen molar-refractivity contribution in [2.45, 2.75) is 12.6 Å². The number of nitro groups is 1. The maximum absolute atomic E-state index is 12.9. The second kappa shape index (κ2) is 9.69. The molecule has 2 aromatic carbocycles. The van der Waals surface area contributed by atoms with Crippen LogP contribution in [0, 0.1) is 10.1 Å². The van der Waals surface area contributed by atoms with Crippen molar-refractivity contribution in [1.29, 1.82) is 0 Å². The van der Waals surface area contributed by atoms with Gasteiger partial charge in [-0.15, -0.1) is 0 Å². The zero-order chi connectivity index (χ0) is 22.5. The van der Waals surface area contributed by atoms with Gasteiger partial charge in [0.2, 0.25) is 0 Å². The lowest BCUT2D eigenvalue weighted by Crippen LogP contribution is -2.49. The number of nitro benzene ring substituents is 1. The van der Waals surface area contributed by atoms with Gasteiger partial charge in [-0.25, -0.2) is 9.78 Å². The Bertz CT molecular complexity index is 1050. The van der Waals surface area contributed by atoms with Crippen LogP contribution in [0.25, 0.3) is 0 Å². The minimum atomic E-state index is -0.485. The van der Waals surface area contributed by atoms with E-state index in [1.165, 1.54) is 12.1 Å². The second-order valence-corrected chi connectivity index (χ2v) is 7.87. The van der Waals surface area contributed by atoms with Gasteiger partial charge in [0.1, 0.15) is 6.10 Å². The molecule has 0 radical (unpaired) electrons. The SMILES string of the molecule is O=C(O[C@H](Cn1ccnc1)c1ccc(Cl)cc1)N1CCN(c2ccc([N+](=O)[O-])cc2)CC1. The van der Waals surface area contributed by atoms with Crippen LogP contribution in [0.15, 0.2) is 67.3 Å². The highest BCUT2D eigenvalue weighted by Gasteiger charge is 2.26. The number of non-ortho nitro benzene ring substituents is 1. The number of hydrogen-bond acceptors (Lipinski definition) is 6. The Morgan fingerprint density at radius 3 is 2.38 bits per heavy atom. The first-order chi connectivity index (χ1) is 15.5. The van der Waals surface area contributed by atoms with Gasteiger partial charge in [0, 0.05) is 61.4 Å². The lowest BCUT2D eigenvalue weighted by molar-refractivity contribution is -0.384. The summed E-state index contributed by atoms with van der Waals surface area (Å²) in [4.78, 5) is 31.1. The zero-order valence-electron chi connectivity index (χ0n) is 17.2. The number of anilines is 1. The average molecular weight is 456 g/mol. The lowest BCUT2D eigenvalue weighted by Gasteiger charge is -2.36. The molecule has 9 nitrogen and oxygen atoms in total. The molecule has 1 atom stereocenters. The van der Waals surface area contributed by atoms with Gasteiger partial charge in [0.05, 0.1) is 17.8 Å². The van der Waals surface area contributed by atoms with Gasteiger partial charge in [-0.1, -0.05) is 23.7 Å². The minimum Gasteiger partial charge on any atom is -0.439 e. The highest BCUT2D eigenvalue weighted by atomic mass is 35.5. The molecule has 1 amide bonds. The van der Waals surface area contributed by atoms with Crippen LogP contribution in [0.2, 0.25) is 5.02 Å². The summed E-state index contributed by atoms with van der Waals surface area (Å²) in [5.74, 6) is 0. The molecular formula is C22H22ClN5O4. The summed E-state index contributed by atoms with van der Waals surface area (Å²) in [5.41, 5.74) is 1.80. The predicted molar refractivity (Wildman–Crippen MR) is 120 cm³/mol. The highest BCUT2D eigenvalue weighted by molar-refractivity contribution is 6.30. The Morgan fingerprint density at radius 2 is 1.78 bits per heavy atom. The van der Waals surface area contributed by atoms with Gasteiger partial charge in [0.15, 0.2) is 0 Å². The van der Waals surface area contributed by atoms with Crippen LogP contribution in [0.3, 0.4) is 0 Å². The quantitative estimate of drug-likeness (QED) is 0.409. The topological polar surface area (TPSA) is 93.7 Å². The molecule has 0 saturated carbocycles. The third-order valence-corrected chi connectivity index (χ3v) is 5.64. The smallest absolute Gasteiger partial charge is 0.410 e. The van der Waals surface area contributed by atoms with Crippen LogP contribution < -0.4 is 4.90 Å². The molecule has 1 aliphatic heterocycles. The molecule has 4 rings (SSSR count). The highest BCUT2D eigenvalue weighted by Crippen LogP contribution is 2.24. The minimum absolute atomic E-state index is 0.0575. The van der Waals surface area contributed by atoms with E-state index in [-0.39, 0.29) is 11.8 Å². The van der Waals surface area contributed by atoms with E-state index < -0.39 is 11.0 Å². The van der Waals surface area contributed by atoms with Crippen molar-refractivity contribution in [3.63, 3.8) is 0 Å². The molecule has 1 aromatic heterocycles. The molecule has 1 aliphatic rings. The van der Waals surface area contributed by atoms with E-state index in [1.54, 1.807) is 41.7 Å². The Hall–Kier alpha value is -3.59. The number of piperazine rings is 1. The van der Waals surface area contributed by atoms with E-state index in [0.717, 1.165) is 11.3 Å². The molecular weight excluding hydrogens is 434 g/mol. The zero-order valence-corrected chi connectivity index (χ0v) is 18.0. The number of ether oxygens (including phenoxy) is 1. The molecule has 10 heteroatoms. The first-order valence-corrected chi connectivity index (χ1v) is 10.5. The van der Waals surface area contributed by atoms with Crippen LogP contribution >= 0.6 is 11.6 Å². The van der Waals surface area contributed by atoms with Gasteiger partial charge >= 0.3 is 6.09 Å². The normalized spacial score (nSPS) is 14.8. The van der Waals surface area contributed by atoms with Crippen molar-refractivity contribution in [3.8, 4) is 0 Å². The molecule has 3 aromatic rings.